The summed E-state index contributed by atoms with van der Waals surface area (Å²) in [6.45, 7) is 6.34. The van der Waals surface area contributed by atoms with Gasteiger partial charge in [0.25, 0.3) is 0 Å². The Hall–Kier alpha value is -1.25. The van der Waals surface area contributed by atoms with E-state index in [1.165, 1.54) is 0 Å². The topological polar surface area (TPSA) is 383 Å². The van der Waals surface area contributed by atoms with E-state index in [-0.39, 0.29) is 77.4 Å². The van der Waals surface area contributed by atoms with Gasteiger partial charge < -0.3 is 114 Å². The van der Waals surface area contributed by atoms with Crippen molar-refractivity contribution >= 4 is 5.78 Å². The molecule has 5 saturated heterocycles. The lowest BCUT2D eigenvalue weighted by atomic mass is 9.44. The van der Waals surface area contributed by atoms with Crippen molar-refractivity contribution in [3.05, 3.63) is 0 Å². The standard InChI is InChI=1S/C50H82O24/c1-19(16-66-45-40(62)36(58)34(56)29(14-51)70-45)5-10-50(65)20(2)32-28(74-50)13-24-22-12-26(53)25-11-21(6-8-48(25,3)23(22)7-9-49(24,32)4)69-46-42(64)38(60)43(73-47-41(63)37(59)35(57)30(15-52)71-47)31(72-46)18-68-44-39(61)33(55)27(54)17-67-44/h19-25,27-47,51-52,54-65H,5-18H2,1-4H3/t19-,20+,21+,22-,23+,24+,25-,27+,28+,29-,30-,31-,32+,33+,34-,35-,36+,37+,38-,39-,40-,41-,42-,43-,44+,45-,46-,47+,48-,49+,50+/m1/s1. The molecule has 0 aromatic heterocycles. The van der Waals surface area contributed by atoms with Gasteiger partial charge in [-0.3, -0.25) is 4.79 Å². The van der Waals surface area contributed by atoms with Gasteiger partial charge >= 0.3 is 0 Å². The Morgan fingerprint density at radius 2 is 1.26 bits per heavy atom. The Kier molecular flexibility index (Phi) is 17.4. The van der Waals surface area contributed by atoms with Crippen LogP contribution in [0.15, 0.2) is 0 Å². The average Bonchev–Trinajstić information content (AvgIpc) is 3.81. The summed E-state index contributed by atoms with van der Waals surface area (Å²) in [4.78, 5) is 14.5. The van der Waals surface area contributed by atoms with Crippen molar-refractivity contribution in [2.75, 3.05) is 33.0 Å². The number of fused-ring (bicyclic) bond motifs is 7. The van der Waals surface area contributed by atoms with Gasteiger partial charge in [-0.25, -0.2) is 0 Å². The van der Waals surface area contributed by atoms with Crippen molar-refractivity contribution in [3.8, 4) is 0 Å². The zero-order chi connectivity index (χ0) is 53.5. The van der Waals surface area contributed by atoms with E-state index in [9.17, 15) is 76.3 Å². The molecule has 4 saturated carbocycles. The molecule has 426 valence electrons. The normalized spacial score (nSPS) is 55.0. The quantitative estimate of drug-likeness (QED) is 0.0693. The monoisotopic (exact) mass is 1070 g/mol. The third-order valence-electron chi connectivity index (χ3n) is 19.5. The van der Waals surface area contributed by atoms with Crippen LogP contribution >= 0.6 is 0 Å². The first-order valence-corrected chi connectivity index (χ1v) is 26.7. The van der Waals surface area contributed by atoms with E-state index < -0.39 is 148 Å². The molecule has 0 unspecified atom stereocenters. The van der Waals surface area contributed by atoms with Gasteiger partial charge in [0.2, 0.25) is 0 Å². The van der Waals surface area contributed by atoms with Crippen molar-refractivity contribution in [1.29, 1.82) is 0 Å². The first kappa shape index (κ1) is 57.4. The lowest BCUT2D eigenvalue weighted by Crippen LogP contribution is -2.65. The van der Waals surface area contributed by atoms with E-state index in [1.807, 2.05) is 13.8 Å². The number of hydrogen-bond acceptors (Lipinski definition) is 24. The van der Waals surface area contributed by atoms with Crippen molar-refractivity contribution in [3.63, 3.8) is 0 Å². The van der Waals surface area contributed by atoms with E-state index in [0.29, 0.717) is 44.9 Å². The van der Waals surface area contributed by atoms with E-state index in [4.69, 9.17) is 42.6 Å². The minimum atomic E-state index is -1.88. The molecule has 0 bridgehead atoms. The number of hydrogen-bond donors (Lipinski definition) is 14. The van der Waals surface area contributed by atoms with E-state index in [0.717, 1.165) is 12.8 Å². The van der Waals surface area contributed by atoms with Crippen LogP contribution in [-0.4, -0.2) is 245 Å². The Morgan fingerprint density at radius 1 is 0.662 bits per heavy atom. The summed E-state index contributed by atoms with van der Waals surface area (Å²) in [5, 5.41) is 148. The second-order valence-corrected chi connectivity index (χ2v) is 23.8. The van der Waals surface area contributed by atoms with Crippen LogP contribution in [0.5, 0.6) is 0 Å². The molecule has 0 aromatic rings. The van der Waals surface area contributed by atoms with Crippen LogP contribution in [0.3, 0.4) is 0 Å². The first-order valence-electron chi connectivity index (χ1n) is 26.7. The molecule has 5 aliphatic heterocycles. The predicted molar refractivity (Wildman–Crippen MR) is 246 cm³/mol. The van der Waals surface area contributed by atoms with Crippen molar-refractivity contribution in [2.45, 2.75) is 220 Å². The predicted octanol–water partition coefficient (Wildman–Crippen LogP) is -4.14. The zero-order valence-electron chi connectivity index (χ0n) is 42.4. The van der Waals surface area contributed by atoms with E-state index >= 15 is 0 Å². The highest BCUT2D eigenvalue weighted by Gasteiger charge is 2.69. The number of ether oxygens (including phenoxy) is 9. The fourth-order valence-electron chi connectivity index (χ4n) is 15.1. The lowest BCUT2D eigenvalue weighted by molar-refractivity contribution is -0.369. The number of carbonyl (C=O) groups is 1. The molecular formula is C50H82O24. The third kappa shape index (κ3) is 10.3. The molecule has 9 fully saturated rings. The molecule has 24 heteroatoms. The van der Waals surface area contributed by atoms with Crippen molar-refractivity contribution < 1.29 is 119 Å². The van der Waals surface area contributed by atoms with Crippen LogP contribution in [-0.2, 0) is 47.4 Å². The fourth-order valence-corrected chi connectivity index (χ4v) is 15.1. The lowest BCUT2D eigenvalue weighted by Gasteiger charge is -2.60. The van der Waals surface area contributed by atoms with Crippen LogP contribution in [0.4, 0.5) is 0 Å². The molecule has 31 atom stereocenters. The Morgan fingerprint density at radius 3 is 1.93 bits per heavy atom. The van der Waals surface area contributed by atoms with Crippen LogP contribution in [0.1, 0.15) is 85.5 Å². The average molecular weight is 1070 g/mol. The highest BCUT2D eigenvalue weighted by molar-refractivity contribution is 5.83. The minimum absolute atomic E-state index is 0.0531. The smallest absolute Gasteiger partial charge is 0.187 e. The Labute approximate surface area is 429 Å². The van der Waals surface area contributed by atoms with Gasteiger partial charge in [0.1, 0.15) is 97.3 Å². The molecule has 9 rings (SSSR count). The maximum atomic E-state index is 14.5. The van der Waals surface area contributed by atoms with Crippen LogP contribution in [0.2, 0.25) is 0 Å². The van der Waals surface area contributed by atoms with Gasteiger partial charge in [-0.15, -0.1) is 0 Å². The van der Waals surface area contributed by atoms with Gasteiger partial charge in [0.05, 0.1) is 45.2 Å². The number of carbonyl (C=O) groups excluding carboxylic acids is 1. The first-order chi connectivity index (χ1) is 35.0. The SMILES string of the molecule is C[C@H](CC[C@]1(O)O[C@H]2C[C@H]3[C@@H]4CC(=O)[C@H]5C[C@@H](O[C@@H]6O[C@H](CO[C@@H]7OC[C@H](O)[C@H](O)[C@H]7O)[C@@H](O[C@@H]7O[C@H](CO)[C@@H](O)[C@H](O)[C@H]7O)[C@H](O)[C@H]6O)CC[C@]5(C)[C@H]4CC[C@]3(C)[C@H]2[C@@H]1C)CO[C@@H]1O[C@H](CO)[C@@H](O)[C@H](O)[C@H]1O. The molecule has 0 spiro atoms. The zero-order valence-corrected chi connectivity index (χ0v) is 42.4. The maximum Gasteiger partial charge on any atom is 0.187 e. The van der Waals surface area contributed by atoms with Gasteiger partial charge in [-0.2, -0.15) is 0 Å². The van der Waals surface area contributed by atoms with Gasteiger partial charge in [-0.05, 0) is 85.4 Å². The molecule has 0 amide bonds. The number of Topliss-reactive ketones (excluding diaryl/α,β-unsaturated/α-hetero) is 1. The molecule has 14 N–H and O–H groups in total. The van der Waals surface area contributed by atoms with Gasteiger partial charge in [-0.1, -0.05) is 27.7 Å². The van der Waals surface area contributed by atoms with Crippen LogP contribution in [0.25, 0.3) is 0 Å². The van der Waals surface area contributed by atoms with Crippen LogP contribution in [0, 0.1) is 52.3 Å². The summed E-state index contributed by atoms with van der Waals surface area (Å²) < 4.78 is 53.1. The van der Waals surface area contributed by atoms with Gasteiger partial charge in [0.15, 0.2) is 30.9 Å². The third-order valence-corrected chi connectivity index (χ3v) is 19.5. The summed E-state index contributed by atoms with van der Waals surface area (Å²) in [5.41, 5.74) is -0.565. The fraction of sp³-hybridized carbons (Fsp3) is 0.980. The summed E-state index contributed by atoms with van der Waals surface area (Å²) in [6.07, 6.45) is -25.3. The summed E-state index contributed by atoms with van der Waals surface area (Å²) in [6, 6.07) is 0. The van der Waals surface area contributed by atoms with Crippen molar-refractivity contribution in [2.24, 2.45) is 52.3 Å². The number of ketones is 1. The minimum Gasteiger partial charge on any atom is -0.394 e. The highest BCUT2D eigenvalue weighted by atomic mass is 16.8. The number of aliphatic hydroxyl groups excluding tert-OH is 13. The molecule has 5 heterocycles. The highest BCUT2D eigenvalue weighted by Crippen LogP contribution is 2.70. The second kappa shape index (κ2) is 22.4. The molecular weight excluding hydrogens is 985 g/mol. The molecule has 74 heavy (non-hydrogen) atoms. The number of rotatable bonds is 15. The van der Waals surface area contributed by atoms with Crippen LogP contribution < -0.4 is 0 Å². The molecule has 4 aliphatic carbocycles. The summed E-state index contributed by atoms with van der Waals surface area (Å²) in [5.74, 6) is -1.41. The summed E-state index contributed by atoms with van der Waals surface area (Å²) in [7, 11) is 0. The maximum absolute atomic E-state index is 14.5. The molecule has 0 aromatic carbocycles. The van der Waals surface area contributed by atoms with E-state index in [1.54, 1.807) is 0 Å². The van der Waals surface area contributed by atoms with Gasteiger partial charge in [0, 0.05) is 24.7 Å². The molecule has 0 radical (unpaired) electrons. The second-order valence-electron chi connectivity index (χ2n) is 23.8. The number of aliphatic hydroxyl groups is 14. The summed E-state index contributed by atoms with van der Waals surface area (Å²) >= 11 is 0. The molecule has 9 aliphatic rings. The van der Waals surface area contributed by atoms with Crippen molar-refractivity contribution in [1.82, 2.24) is 0 Å². The Balaban J connectivity index is 0.820. The molecule has 24 nitrogen and oxygen atoms in total. The Bertz CT molecular complexity index is 1900. The largest absolute Gasteiger partial charge is 0.394 e. The van der Waals surface area contributed by atoms with E-state index in [2.05, 4.69) is 13.8 Å².